The van der Waals surface area contributed by atoms with Crippen molar-refractivity contribution in [1.29, 1.82) is 0 Å². The van der Waals surface area contributed by atoms with Crippen molar-refractivity contribution in [1.82, 2.24) is 14.8 Å². The summed E-state index contributed by atoms with van der Waals surface area (Å²) in [6.07, 6.45) is -6.41. The summed E-state index contributed by atoms with van der Waals surface area (Å²) in [6.45, 7) is 16.4. The minimum Gasteiger partial charge on any atom is -0.489 e. The fourth-order valence-electron chi connectivity index (χ4n) is 3.99. The van der Waals surface area contributed by atoms with Gasteiger partial charge in [-0.15, -0.1) is 0 Å². The summed E-state index contributed by atoms with van der Waals surface area (Å²) in [5, 5.41) is 0. The lowest BCUT2D eigenvalue weighted by Gasteiger charge is -2.34. The molecule has 3 aromatic rings. The summed E-state index contributed by atoms with van der Waals surface area (Å²) in [4.78, 5) is 13.0. The number of likely N-dealkylation sites (N-methyl/N-ethyl adjacent to an activating group) is 1. The minimum absolute atomic E-state index is 0.184. The lowest BCUT2D eigenvalue weighted by atomic mass is 10.1. The number of nitrogens with zero attached hydrogens (tertiary/aromatic N) is 3. The van der Waals surface area contributed by atoms with Gasteiger partial charge in [-0.05, 0) is 54.9 Å². The minimum atomic E-state index is -4.35. The third kappa shape index (κ3) is 14.0. The van der Waals surface area contributed by atoms with Gasteiger partial charge in [0.2, 0.25) is 5.88 Å². The predicted molar refractivity (Wildman–Crippen MR) is 161 cm³/mol. The summed E-state index contributed by atoms with van der Waals surface area (Å²) in [6, 6.07) is 13.4. The van der Waals surface area contributed by atoms with Crippen LogP contribution in [0.15, 0.2) is 66.9 Å². The van der Waals surface area contributed by atoms with E-state index in [4.69, 9.17) is 10.6 Å². The van der Waals surface area contributed by atoms with Crippen LogP contribution in [-0.4, -0.2) is 54.1 Å². The van der Waals surface area contributed by atoms with Crippen LogP contribution in [0.2, 0.25) is 0 Å². The van der Waals surface area contributed by atoms with Crippen LogP contribution < -0.4 is 15.5 Å². The number of alkyl halides is 6. The third-order valence-electron chi connectivity index (χ3n) is 6.39. The summed E-state index contributed by atoms with van der Waals surface area (Å²) in [5.41, 5.74) is 0.241. The van der Waals surface area contributed by atoms with E-state index in [-0.39, 0.29) is 12.5 Å². The van der Waals surface area contributed by atoms with E-state index in [1.165, 1.54) is 30.5 Å². The Morgan fingerprint density at radius 3 is 1.84 bits per heavy atom. The Morgan fingerprint density at radius 1 is 0.750 bits per heavy atom. The van der Waals surface area contributed by atoms with Gasteiger partial charge in [-0.3, -0.25) is 0 Å². The van der Waals surface area contributed by atoms with Crippen LogP contribution in [0.4, 0.5) is 26.3 Å². The quantitative estimate of drug-likeness (QED) is 0.202. The Kier molecular flexibility index (Phi) is 17.4. The van der Waals surface area contributed by atoms with E-state index < -0.39 is 23.5 Å². The zero-order chi connectivity index (χ0) is 33.2. The predicted octanol–water partition coefficient (Wildman–Crippen LogP) is 7.87. The molecule has 2 N–H and O–H groups in total. The fourth-order valence-corrected chi connectivity index (χ4v) is 3.99. The molecule has 2 heterocycles. The van der Waals surface area contributed by atoms with E-state index in [9.17, 15) is 26.3 Å². The van der Waals surface area contributed by atoms with E-state index in [1.54, 1.807) is 18.2 Å². The maximum Gasteiger partial charge on any atom is 0.416 e. The van der Waals surface area contributed by atoms with Gasteiger partial charge < -0.3 is 19.4 Å². The third-order valence-corrected chi connectivity index (χ3v) is 6.39. The number of piperazine rings is 1. The molecule has 44 heavy (non-hydrogen) atoms. The van der Waals surface area contributed by atoms with Gasteiger partial charge in [0.1, 0.15) is 12.4 Å². The first-order chi connectivity index (χ1) is 21.0. The smallest absolute Gasteiger partial charge is 0.416 e. The molecular formula is C32H44F6N4O2. The standard InChI is InChI=1S/C15H21F3N2.C13H11F3N2O2.2C2H6/c1-2-19-8-10-20(11-9-19)7-6-13-4-3-5-14(12-13)15(16,17)18;14-13(15,16)10-2-4-11(5-3-10)19-8-9-1-6-12(20-17)18-7-9;2*1-2/h3-5,12H,2,6-11H2,1H3;1-7H,8,17H2;2*1-2H3. The van der Waals surface area contributed by atoms with Crippen LogP contribution >= 0.6 is 0 Å². The van der Waals surface area contributed by atoms with E-state index >= 15 is 0 Å². The molecular weight excluding hydrogens is 586 g/mol. The number of ether oxygens (including phenoxy) is 1. The van der Waals surface area contributed by atoms with Crippen LogP contribution in [0.25, 0.3) is 0 Å². The molecule has 0 atom stereocenters. The Bertz CT molecular complexity index is 1170. The van der Waals surface area contributed by atoms with Gasteiger partial charge in [-0.25, -0.2) is 4.98 Å². The summed E-state index contributed by atoms with van der Waals surface area (Å²) in [7, 11) is 0. The van der Waals surface area contributed by atoms with E-state index in [0.717, 1.165) is 68.6 Å². The van der Waals surface area contributed by atoms with Crippen LogP contribution in [0.5, 0.6) is 11.6 Å². The molecule has 12 heteroatoms. The van der Waals surface area contributed by atoms with Crippen LogP contribution in [0.3, 0.4) is 0 Å². The Balaban J connectivity index is 0.000000395. The topological polar surface area (TPSA) is 63.9 Å². The molecule has 0 spiro atoms. The van der Waals surface area contributed by atoms with Crippen LogP contribution in [-0.2, 0) is 25.4 Å². The number of hydrogen-bond acceptors (Lipinski definition) is 6. The molecule has 1 saturated heterocycles. The molecule has 0 aliphatic carbocycles. The number of benzene rings is 2. The average molecular weight is 631 g/mol. The molecule has 0 amide bonds. The van der Waals surface area contributed by atoms with Crippen molar-refractivity contribution in [2.45, 2.75) is 60.0 Å². The van der Waals surface area contributed by atoms with Gasteiger partial charge in [0, 0.05) is 50.6 Å². The maximum atomic E-state index is 12.6. The van der Waals surface area contributed by atoms with Gasteiger partial charge in [-0.1, -0.05) is 52.8 Å². The van der Waals surface area contributed by atoms with Crippen molar-refractivity contribution in [3.63, 3.8) is 0 Å². The maximum absolute atomic E-state index is 12.6. The molecule has 246 valence electrons. The number of hydrogen-bond donors (Lipinski definition) is 1. The largest absolute Gasteiger partial charge is 0.489 e. The Labute approximate surface area is 256 Å². The summed E-state index contributed by atoms with van der Waals surface area (Å²) < 4.78 is 80.4. The second-order valence-electron chi connectivity index (χ2n) is 9.16. The zero-order valence-corrected chi connectivity index (χ0v) is 26.0. The number of rotatable bonds is 8. The number of nitrogens with two attached hydrogens (primary N) is 1. The van der Waals surface area contributed by atoms with E-state index in [2.05, 4.69) is 26.5 Å². The number of aromatic nitrogens is 1. The van der Waals surface area contributed by atoms with Gasteiger partial charge >= 0.3 is 12.4 Å². The molecule has 2 aromatic carbocycles. The normalized spacial score (nSPS) is 13.7. The first-order valence-corrected chi connectivity index (χ1v) is 14.7. The lowest BCUT2D eigenvalue weighted by Crippen LogP contribution is -2.46. The van der Waals surface area contributed by atoms with E-state index in [1.807, 2.05) is 27.7 Å². The van der Waals surface area contributed by atoms with Crippen molar-refractivity contribution in [2.75, 3.05) is 39.3 Å². The van der Waals surface area contributed by atoms with Crippen molar-refractivity contribution < 1.29 is 35.9 Å². The first-order valence-electron chi connectivity index (χ1n) is 14.7. The number of halogens is 6. The molecule has 0 saturated carbocycles. The molecule has 4 rings (SSSR count). The van der Waals surface area contributed by atoms with Crippen LogP contribution in [0, 0.1) is 0 Å². The van der Waals surface area contributed by atoms with Crippen molar-refractivity contribution in [3.8, 4) is 11.6 Å². The second kappa shape index (κ2) is 19.8. The lowest BCUT2D eigenvalue weighted by molar-refractivity contribution is -0.138. The van der Waals surface area contributed by atoms with Crippen LogP contribution in [0.1, 0.15) is 56.9 Å². The van der Waals surface area contributed by atoms with Gasteiger partial charge in [0.15, 0.2) is 0 Å². The van der Waals surface area contributed by atoms with Crippen molar-refractivity contribution in [2.24, 2.45) is 5.90 Å². The van der Waals surface area contributed by atoms with Gasteiger partial charge in [-0.2, -0.15) is 32.2 Å². The Morgan fingerprint density at radius 2 is 1.34 bits per heavy atom. The SMILES string of the molecule is CC.CC.CCN1CCN(CCc2cccc(C(F)(F)F)c2)CC1.NOc1ccc(COc2ccc(C(F)(F)F)cc2)cn1. The van der Waals surface area contributed by atoms with Gasteiger partial charge in [0.05, 0.1) is 11.1 Å². The molecule has 0 bridgehead atoms. The highest BCUT2D eigenvalue weighted by Crippen LogP contribution is 2.31. The highest BCUT2D eigenvalue weighted by molar-refractivity contribution is 5.29. The fraction of sp³-hybridized carbons (Fsp3) is 0.469. The summed E-state index contributed by atoms with van der Waals surface area (Å²) in [5.74, 6) is 5.54. The average Bonchev–Trinajstić information content (AvgIpc) is 3.05. The first kappa shape index (κ1) is 38.7. The second-order valence-corrected chi connectivity index (χ2v) is 9.16. The van der Waals surface area contributed by atoms with Crippen molar-refractivity contribution >= 4 is 0 Å². The van der Waals surface area contributed by atoms with Crippen molar-refractivity contribution in [3.05, 3.63) is 89.1 Å². The highest BCUT2D eigenvalue weighted by Gasteiger charge is 2.31. The van der Waals surface area contributed by atoms with E-state index in [0.29, 0.717) is 12.2 Å². The highest BCUT2D eigenvalue weighted by atomic mass is 19.4. The molecule has 1 aliphatic rings. The number of pyridine rings is 1. The molecule has 6 nitrogen and oxygen atoms in total. The molecule has 1 aromatic heterocycles. The molecule has 0 radical (unpaired) electrons. The molecule has 0 unspecified atom stereocenters. The molecule has 1 aliphatic heterocycles. The Hall–Kier alpha value is -3.35. The zero-order valence-electron chi connectivity index (χ0n) is 26.0. The monoisotopic (exact) mass is 630 g/mol. The van der Waals surface area contributed by atoms with Gasteiger partial charge in [0.25, 0.3) is 0 Å². The summed E-state index contributed by atoms with van der Waals surface area (Å²) >= 11 is 0. The molecule has 1 fully saturated rings.